The Morgan fingerprint density at radius 3 is 2.41 bits per heavy atom. The Balaban J connectivity index is 1.62. The molecule has 0 saturated carbocycles. The second kappa shape index (κ2) is 9.34. The van der Waals surface area contributed by atoms with Crippen LogP contribution in [-0.2, 0) is 16.4 Å². The summed E-state index contributed by atoms with van der Waals surface area (Å²) in [6, 6.07) is 14.2. The van der Waals surface area contributed by atoms with Crippen LogP contribution >= 0.6 is 0 Å². The van der Waals surface area contributed by atoms with Gasteiger partial charge in [0.1, 0.15) is 13.7 Å². The van der Waals surface area contributed by atoms with E-state index < -0.39 is 15.8 Å². The van der Waals surface area contributed by atoms with Crippen LogP contribution in [0.2, 0.25) is 0 Å². The lowest BCUT2D eigenvalue weighted by Crippen LogP contribution is -2.16. The maximum atomic E-state index is 14.9. The molecule has 0 aliphatic rings. The SMILES string of the molecule is [B]c1ccc(S(=O)(=O)Nc2ccc(Cc3ccnc4cc(OC)c(OC)cc34)cc2F)cc1C. The first-order valence-electron chi connectivity index (χ1n) is 10.4. The number of aromatic nitrogens is 1. The zero-order valence-corrected chi connectivity index (χ0v) is 19.7. The van der Waals surface area contributed by atoms with E-state index in [0.717, 1.165) is 16.5 Å². The standard InChI is InChI=1S/C25H22BFN2O4S/c1-15-10-18(5-6-20(15)26)34(30,31)29-22-7-4-16(12-21(22)27)11-17-8-9-28-23-14-25(33-3)24(32-2)13-19(17)23/h4-10,12-14,29H,11H2,1-3H3. The molecule has 0 unspecified atom stereocenters. The van der Waals surface area contributed by atoms with Crippen LogP contribution in [0.3, 0.4) is 0 Å². The zero-order valence-electron chi connectivity index (χ0n) is 18.9. The molecule has 9 heteroatoms. The molecular formula is C25H22BFN2O4S. The smallest absolute Gasteiger partial charge is 0.261 e. The number of pyridine rings is 1. The Bertz CT molecular complexity index is 1490. The molecule has 0 aliphatic carbocycles. The molecule has 4 aromatic rings. The normalized spacial score (nSPS) is 11.4. The Morgan fingerprint density at radius 1 is 1.00 bits per heavy atom. The Morgan fingerprint density at radius 2 is 1.74 bits per heavy atom. The molecule has 0 fully saturated rings. The highest BCUT2D eigenvalue weighted by Gasteiger charge is 2.18. The summed E-state index contributed by atoms with van der Waals surface area (Å²) in [5, 5.41) is 0.851. The number of nitrogens with one attached hydrogen (secondary N) is 1. The van der Waals surface area contributed by atoms with Crippen LogP contribution in [0.15, 0.2) is 65.7 Å². The number of benzene rings is 3. The van der Waals surface area contributed by atoms with Gasteiger partial charge in [-0.25, -0.2) is 12.8 Å². The van der Waals surface area contributed by atoms with Gasteiger partial charge in [0.2, 0.25) is 0 Å². The van der Waals surface area contributed by atoms with Gasteiger partial charge in [0.25, 0.3) is 10.0 Å². The summed E-state index contributed by atoms with van der Waals surface area (Å²) in [6.07, 6.45) is 2.09. The van der Waals surface area contributed by atoms with Crippen molar-refractivity contribution < 1.29 is 22.3 Å². The van der Waals surface area contributed by atoms with Crippen LogP contribution < -0.4 is 19.7 Å². The Labute approximate surface area is 199 Å². The predicted octanol–water partition coefficient (Wildman–Crippen LogP) is 3.88. The fraction of sp³-hybridized carbons (Fsp3) is 0.160. The third-order valence-electron chi connectivity index (χ3n) is 5.56. The van der Waals surface area contributed by atoms with Crippen molar-refractivity contribution in [2.24, 2.45) is 0 Å². The van der Waals surface area contributed by atoms with Crippen LogP contribution in [0, 0.1) is 12.7 Å². The molecule has 0 bridgehead atoms. The number of nitrogens with zero attached hydrogens (tertiary/aromatic N) is 1. The maximum Gasteiger partial charge on any atom is 0.261 e. The number of aryl methyl sites for hydroxylation is 1. The van der Waals surface area contributed by atoms with Crippen molar-refractivity contribution in [1.82, 2.24) is 4.98 Å². The van der Waals surface area contributed by atoms with E-state index in [9.17, 15) is 12.8 Å². The van der Waals surface area contributed by atoms with Gasteiger partial charge in [-0.1, -0.05) is 23.2 Å². The zero-order chi connectivity index (χ0) is 24.5. The summed E-state index contributed by atoms with van der Waals surface area (Å²) in [5.74, 6) is 0.461. The number of ether oxygens (including phenoxy) is 2. The van der Waals surface area contributed by atoms with E-state index in [1.807, 2.05) is 12.1 Å². The summed E-state index contributed by atoms with van der Waals surface area (Å²) < 4.78 is 53.3. The Kier molecular flexibility index (Phi) is 6.48. The summed E-state index contributed by atoms with van der Waals surface area (Å²) >= 11 is 0. The quantitative estimate of drug-likeness (QED) is 0.410. The van der Waals surface area contributed by atoms with Gasteiger partial charge in [0, 0.05) is 17.6 Å². The number of anilines is 1. The lowest BCUT2D eigenvalue weighted by molar-refractivity contribution is 0.356. The van der Waals surface area contributed by atoms with Gasteiger partial charge in [0.05, 0.1) is 30.3 Å². The highest BCUT2D eigenvalue weighted by Crippen LogP contribution is 2.33. The van der Waals surface area contributed by atoms with Gasteiger partial charge in [0.15, 0.2) is 11.5 Å². The molecule has 0 spiro atoms. The number of sulfonamides is 1. The predicted molar refractivity (Wildman–Crippen MR) is 131 cm³/mol. The van der Waals surface area contributed by atoms with Crippen molar-refractivity contribution in [1.29, 1.82) is 0 Å². The van der Waals surface area contributed by atoms with Crippen molar-refractivity contribution in [3.05, 3.63) is 83.3 Å². The van der Waals surface area contributed by atoms with Crippen molar-refractivity contribution in [2.45, 2.75) is 18.2 Å². The molecule has 0 aliphatic heterocycles. The van der Waals surface area contributed by atoms with Gasteiger partial charge in [-0.2, -0.15) is 0 Å². The third-order valence-corrected chi connectivity index (χ3v) is 6.92. The van der Waals surface area contributed by atoms with Gasteiger partial charge in [-0.05, 0) is 60.9 Å². The minimum absolute atomic E-state index is 0.00954. The fourth-order valence-corrected chi connectivity index (χ4v) is 4.83. The van der Waals surface area contributed by atoms with Gasteiger partial charge in [-0.3, -0.25) is 9.71 Å². The fourth-order valence-electron chi connectivity index (χ4n) is 3.67. The average molecular weight is 476 g/mol. The second-order valence-electron chi connectivity index (χ2n) is 7.81. The van der Waals surface area contributed by atoms with Gasteiger partial charge >= 0.3 is 0 Å². The largest absolute Gasteiger partial charge is 0.493 e. The van der Waals surface area contributed by atoms with Crippen molar-refractivity contribution >= 4 is 39.9 Å². The molecule has 1 aromatic heterocycles. The summed E-state index contributed by atoms with van der Waals surface area (Å²) in [5.41, 5.74) is 3.27. The summed E-state index contributed by atoms with van der Waals surface area (Å²) in [4.78, 5) is 4.40. The number of halogens is 1. The molecular weight excluding hydrogens is 454 g/mol. The number of hydrogen-bond acceptors (Lipinski definition) is 5. The highest BCUT2D eigenvalue weighted by molar-refractivity contribution is 7.92. The van der Waals surface area contributed by atoms with E-state index in [4.69, 9.17) is 17.3 Å². The Hall–Kier alpha value is -3.59. The van der Waals surface area contributed by atoms with Crippen molar-refractivity contribution in [3.8, 4) is 11.5 Å². The monoisotopic (exact) mass is 476 g/mol. The molecule has 1 N–H and O–H groups in total. The topological polar surface area (TPSA) is 77.5 Å². The van der Waals surface area contributed by atoms with Crippen LogP contribution in [0.25, 0.3) is 10.9 Å². The summed E-state index contributed by atoms with van der Waals surface area (Å²) in [7, 11) is 4.90. The van der Waals surface area contributed by atoms with E-state index in [-0.39, 0.29) is 10.6 Å². The van der Waals surface area contributed by atoms with E-state index in [0.29, 0.717) is 34.5 Å². The van der Waals surface area contributed by atoms with Crippen LogP contribution in [0.4, 0.5) is 10.1 Å². The van der Waals surface area contributed by atoms with Crippen LogP contribution in [-0.4, -0.2) is 35.5 Å². The molecule has 172 valence electrons. The average Bonchev–Trinajstić information content (AvgIpc) is 2.81. The van der Waals surface area contributed by atoms with Crippen LogP contribution in [0.5, 0.6) is 11.5 Å². The number of fused-ring (bicyclic) bond motifs is 1. The molecule has 1 heterocycles. The molecule has 4 rings (SSSR count). The summed E-state index contributed by atoms with van der Waals surface area (Å²) in [6.45, 7) is 1.71. The molecule has 0 saturated heterocycles. The lowest BCUT2D eigenvalue weighted by atomic mass is 9.92. The maximum absolute atomic E-state index is 14.9. The molecule has 0 amide bonds. The number of methoxy groups -OCH3 is 2. The molecule has 0 atom stereocenters. The number of hydrogen-bond donors (Lipinski definition) is 1. The highest BCUT2D eigenvalue weighted by atomic mass is 32.2. The van der Waals surface area contributed by atoms with E-state index in [1.165, 1.54) is 30.3 Å². The minimum Gasteiger partial charge on any atom is -0.493 e. The lowest BCUT2D eigenvalue weighted by Gasteiger charge is -2.13. The third kappa shape index (κ3) is 4.70. The van der Waals surface area contributed by atoms with Gasteiger partial charge < -0.3 is 9.47 Å². The van der Waals surface area contributed by atoms with Crippen molar-refractivity contribution in [3.63, 3.8) is 0 Å². The van der Waals surface area contributed by atoms with E-state index in [2.05, 4.69) is 9.71 Å². The molecule has 6 nitrogen and oxygen atoms in total. The first kappa shape index (κ1) is 23.6. The molecule has 34 heavy (non-hydrogen) atoms. The molecule has 2 radical (unpaired) electrons. The number of rotatable bonds is 7. The van der Waals surface area contributed by atoms with E-state index >= 15 is 0 Å². The first-order valence-corrected chi connectivity index (χ1v) is 11.9. The minimum atomic E-state index is -3.97. The molecule has 3 aromatic carbocycles. The first-order chi connectivity index (χ1) is 16.2. The van der Waals surface area contributed by atoms with Crippen molar-refractivity contribution in [2.75, 3.05) is 18.9 Å². The van der Waals surface area contributed by atoms with Gasteiger partial charge in [-0.15, -0.1) is 0 Å². The van der Waals surface area contributed by atoms with Crippen LogP contribution in [0.1, 0.15) is 16.7 Å². The second-order valence-corrected chi connectivity index (χ2v) is 9.49. The van der Waals surface area contributed by atoms with E-state index in [1.54, 1.807) is 39.5 Å².